The summed E-state index contributed by atoms with van der Waals surface area (Å²) in [6, 6.07) is 8.59. The minimum absolute atomic E-state index is 0.329. The van der Waals surface area contributed by atoms with E-state index in [1.54, 1.807) is 0 Å². The lowest BCUT2D eigenvalue weighted by Gasteiger charge is -2.45. The van der Waals surface area contributed by atoms with Crippen molar-refractivity contribution in [2.75, 3.05) is 59.0 Å². The molecule has 3 aliphatic heterocycles. The molecular formula is C29H47N3O2. The van der Waals surface area contributed by atoms with Gasteiger partial charge in [0, 0.05) is 32.7 Å². The Labute approximate surface area is 207 Å². The third kappa shape index (κ3) is 7.21. The molecule has 3 aliphatic rings. The molecule has 0 radical (unpaired) electrons. The fraction of sp³-hybridized carbons (Fsp3) is 0.759. The Hall–Kier alpha value is -1.59. The first-order valence-electron chi connectivity index (χ1n) is 14.0. The number of para-hydroxylation sites is 1. The molecule has 0 N–H and O–H groups in total. The lowest BCUT2D eigenvalue weighted by atomic mass is 9.73. The quantitative estimate of drug-likeness (QED) is 0.632. The second kappa shape index (κ2) is 12.4. The molecule has 0 unspecified atom stereocenters. The van der Waals surface area contributed by atoms with E-state index >= 15 is 0 Å². The number of piperidine rings is 2. The number of aryl methyl sites for hydroxylation is 1. The van der Waals surface area contributed by atoms with Crippen molar-refractivity contribution in [3.8, 4) is 5.75 Å². The van der Waals surface area contributed by atoms with Crippen LogP contribution in [0, 0.1) is 11.3 Å². The van der Waals surface area contributed by atoms with Gasteiger partial charge in [-0.3, -0.25) is 14.6 Å². The van der Waals surface area contributed by atoms with E-state index in [-0.39, 0.29) is 0 Å². The number of fused-ring (bicyclic) bond motifs is 1. The maximum absolute atomic E-state index is 13.0. The Kier molecular flexibility index (Phi) is 9.30. The summed E-state index contributed by atoms with van der Waals surface area (Å²) in [6.07, 6.45) is 10.9. The molecule has 5 nitrogen and oxygen atoms in total. The maximum atomic E-state index is 13.0. The highest BCUT2D eigenvalue weighted by molar-refractivity contribution is 5.78. The summed E-state index contributed by atoms with van der Waals surface area (Å²) in [6.45, 7) is 13.3. The first-order chi connectivity index (χ1) is 16.5. The molecule has 1 amide bonds. The molecule has 1 spiro atoms. The molecule has 5 heteroatoms. The van der Waals surface area contributed by atoms with E-state index in [9.17, 15) is 4.79 Å². The fourth-order valence-electron chi connectivity index (χ4n) is 6.30. The van der Waals surface area contributed by atoms with Crippen LogP contribution in [0.5, 0.6) is 5.75 Å². The molecule has 0 atom stereocenters. The van der Waals surface area contributed by atoms with Crippen LogP contribution in [0.4, 0.5) is 0 Å². The van der Waals surface area contributed by atoms with Crippen LogP contribution in [-0.2, 0) is 11.2 Å². The van der Waals surface area contributed by atoms with E-state index in [4.69, 9.17) is 4.74 Å². The number of carbonyl (C=O) groups is 1. The van der Waals surface area contributed by atoms with Crippen molar-refractivity contribution in [1.82, 2.24) is 14.7 Å². The van der Waals surface area contributed by atoms with Crippen molar-refractivity contribution in [1.29, 1.82) is 0 Å². The standard InChI is InChI=1S/C29H47N3O2/c1-25(2)22-31-20-21-34-27-12-5-4-10-26(27)11-6-7-13-29(24-31)14-18-32(19-15-29)28(33)23-30-16-8-3-9-17-30/h4-5,10,12,25H,3,6-9,11,13-24H2,1-2H3. The van der Waals surface area contributed by atoms with Crippen molar-refractivity contribution in [3.63, 3.8) is 0 Å². The van der Waals surface area contributed by atoms with Gasteiger partial charge in [-0.25, -0.2) is 0 Å². The topological polar surface area (TPSA) is 36.0 Å². The number of hydrogen-bond donors (Lipinski definition) is 0. The van der Waals surface area contributed by atoms with Crippen molar-refractivity contribution < 1.29 is 9.53 Å². The SMILES string of the molecule is CC(C)CN1CCOc2ccccc2CCCCC2(CCN(C(=O)CN3CCCCC3)CC2)C1. The first-order valence-corrected chi connectivity index (χ1v) is 14.0. The number of likely N-dealkylation sites (tertiary alicyclic amines) is 2. The molecule has 0 saturated carbocycles. The average Bonchev–Trinajstić information content (AvgIpc) is 2.82. The molecule has 3 heterocycles. The minimum atomic E-state index is 0.329. The van der Waals surface area contributed by atoms with Gasteiger partial charge in [-0.15, -0.1) is 0 Å². The Morgan fingerprint density at radius 2 is 1.68 bits per heavy atom. The van der Waals surface area contributed by atoms with Crippen LogP contribution in [-0.4, -0.2) is 79.6 Å². The van der Waals surface area contributed by atoms with E-state index in [2.05, 4.69) is 52.8 Å². The van der Waals surface area contributed by atoms with Crippen LogP contribution < -0.4 is 4.74 Å². The summed E-state index contributed by atoms with van der Waals surface area (Å²) in [5.74, 6) is 2.07. The molecule has 2 saturated heterocycles. The van der Waals surface area contributed by atoms with Crippen molar-refractivity contribution in [2.45, 2.75) is 71.6 Å². The molecule has 1 aromatic carbocycles. The number of nitrogens with zero attached hydrogens (tertiary/aromatic N) is 3. The zero-order valence-electron chi connectivity index (χ0n) is 21.8. The highest BCUT2D eigenvalue weighted by atomic mass is 16.5. The van der Waals surface area contributed by atoms with Crippen LogP contribution in [0.25, 0.3) is 0 Å². The summed E-state index contributed by atoms with van der Waals surface area (Å²) in [5.41, 5.74) is 1.68. The molecule has 4 rings (SSSR count). The predicted molar refractivity (Wildman–Crippen MR) is 139 cm³/mol. The number of rotatable bonds is 4. The van der Waals surface area contributed by atoms with Crippen LogP contribution in [0.1, 0.15) is 70.8 Å². The largest absolute Gasteiger partial charge is 0.492 e. The monoisotopic (exact) mass is 469 g/mol. The lowest BCUT2D eigenvalue weighted by Crippen LogP contribution is -2.51. The molecule has 0 aromatic heterocycles. The van der Waals surface area contributed by atoms with Crippen LogP contribution in [0.3, 0.4) is 0 Å². The van der Waals surface area contributed by atoms with Crippen LogP contribution in [0.15, 0.2) is 24.3 Å². The second-order valence-corrected chi connectivity index (χ2v) is 11.5. The number of hydrogen-bond acceptors (Lipinski definition) is 4. The molecule has 2 fully saturated rings. The second-order valence-electron chi connectivity index (χ2n) is 11.5. The Bertz CT molecular complexity index is 766. The van der Waals surface area contributed by atoms with Gasteiger partial charge in [0.05, 0.1) is 6.54 Å². The smallest absolute Gasteiger partial charge is 0.236 e. The van der Waals surface area contributed by atoms with Crippen LogP contribution in [0.2, 0.25) is 0 Å². The van der Waals surface area contributed by atoms with E-state index in [1.807, 2.05) is 0 Å². The normalized spacial score (nSPS) is 23.1. The zero-order valence-corrected chi connectivity index (χ0v) is 21.8. The number of benzene rings is 1. The zero-order chi connectivity index (χ0) is 23.8. The van der Waals surface area contributed by atoms with Crippen molar-refractivity contribution in [2.24, 2.45) is 11.3 Å². The highest BCUT2D eigenvalue weighted by Crippen LogP contribution is 2.38. The summed E-state index contributed by atoms with van der Waals surface area (Å²) < 4.78 is 6.27. The lowest BCUT2D eigenvalue weighted by molar-refractivity contribution is -0.135. The van der Waals surface area contributed by atoms with Crippen molar-refractivity contribution in [3.05, 3.63) is 29.8 Å². The van der Waals surface area contributed by atoms with Gasteiger partial charge in [-0.1, -0.05) is 44.9 Å². The third-order valence-corrected chi connectivity index (χ3v) is 8.21. The van der Waals surface area contributed by atoms with Gasteiger partial charge in [0.15, 0.2) is 0 Å². The Balaban J connectivity index is 1.39. The van der Waals surface area contributed by atoms with Crippen LogP contribution >= 0.6 is 0 Å². The average molecular weight is 470 g/mol. The van der Waals surface area contributed by atoms with Gasteiger partial charge >= 0.3 is 0 Å². The van der Waals surface area contributed by atoms with Gasteiger partial charge in [0.1, 0.15) is 12.4 Å². The molecule has 0 aliphatic carbocycles. The highest BCUT2D eigenvalue weighted by Gasteiger charge is 2.37. The van der Waals surface area contributed by atoms with E-state index in [1.165, 1.54) is 44.1 Å². The predicted octanol–water partition coefficient (Wildman–Crippen LogP) is 4.84. The van der Waals surface area contributed by atoms with Gasteiger partial charge in [0.2, 0.25) is 5.91 Å². The minimum Gasteiger partial charge on any atom is -0.492 e. The Morgan fingerprint density at radius 3 is 2.44 bits per heavy atom. The van der Waals surface area contributed by atoms with Crippen molar-refractivity contribution >= 4 is 5.91 Å². The molecule has 0 bridgehead atoms. The van der Waals surface area contributed by atoms with Gasteiger partial charge in [-0.2, -0.15) is 0 Å². The number of ether oxygens (including phenoxy) is 1. The summed E-state index contributed by atoms with van der Waals surface area (Å²) in [4.78, 5) is 20.2. The molecule has 190 valence electrons. The van der Waals surface area contributed by atoms with E-state index < -0.39 is 0 Å². The van der Waals surface area contributed by atoms with E-state index in [0.29, 0.717) is 23.8 Å². The summed E-state index contributed by atoms with van der Waals surface area (Å²) >= 11 is 0. The third-order valence-electron chi connectivity index (χ3n) is 8.21. The fourth-order valence-corrected chi connectivity index (χ4v) is 6.30. The summed E-state index contributed by atoms with van der Waals surface area (Å²) in [7, 11) is 0. The number of amides is 1. The first kappa shape index (κ1) is 25.5. The Morgan fingerprint density at radius 1 is 0.912 bits per heavy atom. The number of carbonyl (C=O) groups excluding carboxylic acids is 1. The molecular weight excluding hydrogens is 422 g/mol. The van der Waals surface area contributed by atoms with Gasteiger partial charge < -0.3 is 9.64 Å². The molecule has 34 heavy (non-hydrogen) atoms. The van der Waals surface area contributed by atoms with E-state index in [0.717, 1.165) is 77.4 Å². The van der Waals surface area contributed by atoms with Gasteiger partial charge in [0.25, 0.3) is 0 Å². The summed E-state index contributed by atoms with van der Waals surface area (Å²) in [5, 5.41) is 0. The maximum Gasteiger partial charge on any atom is 0.236 e. The van der Waals surface area contributed by atoms with Gasteiger partial charge in [-0.05, 0) is 81.0 Å². The molecule has 1 aromatic rings.